The van der Waals surface area contributed by atoms with Crippen LogP contribution in [0.2, 0.25) is 0 Å². The summed E-state index contributed by atoms with van der Waals surface area (Å²) >= 11 is 0. The number of guanidine groups is 1. The van der Waals surface area contributed by atoms with Crippen molar-refractivity contribution in [1.82, 2.24) is 15.5 Å². The van der Waals surface area contributed by atoms with Gasteiger partial charge in [0, 0.05) is 39.3 Å². The summed E-state index contributed by atoms with van der Waals surface area (Å²) in [4.78, 5) is 18.0. The lowest BCUT2D eigenvalue weighted by Crippen LogP contribution is -2.38. The van der Waals surface area contributed by atoms with Gasteiger partial charge in [-0.3, -0.25) is 9.79 Å². The molecule has 0 atom stereocenters. The maximum atomic E-state index is 13.7. The van der Waals surface area contributed by atoms with E-state index in [4.69, 9.17) is 0 Å². The van der Waals surface area contributed by atoms with Gasteiger partial charge < -0.3 is 15.5 Å². The summed E-state index contributed by atoms with van der Waals surface area (Å²) in [6, 6.07) is 11.7. The van der Waals surface area contributed by atoms with E-state index in [9.17, 15) is 13.6 Å². The second-order valence-corrected chi connectivity index (χ2v) is 6.80. The van der Waals surface area contributed by atoms with Crippen molar-refractivity contribution in [2.75, 3.05) is 33.7 Å². The van der Waals surface area contributed by atoms with Crippen LogP contribution < -0.4 is 10.6 Å². The highest BCUT2D eigenvalue weighted by Crippen LogP contribution is 2.12. The summed E-state index contributed by atoms with van der Waals surface area (Å²) in [5.41, 5.74) is 2.01. The number of aliphatic imine (C=N–C) groups is 1. The minimum Gasteiger partial charge on any atom is -0.357 e. The number of amides is 1. The number of hydrogen-bond donors (Lipinski definition) is 2. The third-order valence-corrected chi connectivity index (χ3v) is 4.31. The van der Waals surface area contributed by atoms with Gasteiger partial charge in [0.05, 0.1) is 0 Å². The molecule has 5 nitrogen and oxygen atoms in total. The summed E-state index contributed by atoms with van der Waals surface area (Å²) in [5, 5.41) is 6.36. The molecular weight excluding hydrogens is 374 g/mol. The lowest BCUT2D eigenvalue weighted by molar-refractivity contribution is 0.0827. The van der Waals surface area contributed by atoms with Crippen LogP contribution in [0.4, 0.5) is 8.78 Å². The summed E-state index contributed by atoms with van der Waals surface area (Å²) in [5.74, 6) is -1.07. The fourth-order valence-corrected chi connectivity index (χ4v) is 2.81. The molecule has 2 N–H and O–H groups in total. The SMILES string of the molecule is CCNC(=NCCc1cccc(F)c1F)NCCc1cccc(C(=O)N(C)C)c1. The van der Waals surface area contributed by atoms with E-state index >= 15 is 0 Å². The zero-order valence-electron chi connectivity index (χ0n) is 17.1. The molecule has 2 aromatic rings. The van der Waals surface area contributed by atoms with Gasteiger partial charge in [-0.25, -0.2) is 8.78 Å². The zero-order valence-corrected chi connectivity index (χ0v) is 17.1. The van der Waals surface area contributed by atoms with Crippen LogP contribution in [0, 0.1) is 11.6 Å². The van der Waals surface area contributed by atoms with Crippen LogP contribution in [0.1, 0.15) is 28.4 Å². The second-order valence-electron chi connectivity index (χ2n) is 6.80. The summed E-state index contributed by atoms with van der Waals surface area (Å²) in [6.07, 6.45) is 1.03. The number of rotatable bonds is 8. The first-order valence-corrected chi connectivity index (χ1v) is 9.68. The van der Waals surface area contributed by atoms with E-state index in [1.165, 1.54) is 6.07 Å². The molecule has 0 unspecified atom stereocenters. The first-order chi connectivity index (χ1) is 13.9. The monoisotopic (exact) mass is 402 g/mol. The van der Waals surface area contributed by atoms with Crippen LogP contribution in [0.15, 0.2) is 47.5 Å². The Labute approximate surface area is 170 Å². The number of nitrogens with one attached hydrogen (secondary N) is 2. The summed E-state index contributed by atoms with van der Waals surface area (Å²) in [6.45, 7) is 3.61. The van der Waals surface area contributed by atoms with Crippen LogP contribution in [-0.2, 0) is 12.8 Å². The molecule has 0 aliphatic carbocycles. The van der Waals surface area contributed by atoms with E-state index in [1.54, 1.807) is 31.1 Å². The Kier molecular flexibility index (Phi) is 8.58. The van der Waals surface area contributed by atoms with Crippen LogP contribution in [0.5, 0.6) is 0 Å². The van der Waals surface area contributed by atoms with Crippen molar-refractivity contribution in [2.24, 2.45) is 4.99 Å². The highest BCUT2D eigenvalue weighted by Gasteiger charge is 2.09. The lowest BCUT2D eigenvalue weighted by Gasteiger charge is -2.13. The lowest BCUT2D eigenvalue weighted by atomic mass is 10.1. The first kappa shape index (κ1) is 22.3. The fraction of sp³-hybridized carbons (Fsp3) is 0.364. The molecule has 0 bridgehead atoms. The fourth-order valence-electron chi connectivity index (χ4n) is 2.81. The molecule has 0 aromatic heterocycles. The molecule has 0 aliphatic rings. The minimum absolute atomic E-state index is 0.0284. The highest BCUT2D eigenvalue weighted by molar-refractivity contribution is 5.94. The molecule has 156 valence electrons. The second kappa shape index (κ2) is 11.1. The van der Waals surface area contributed by atoms with Crippen LogP contribution in [0.25, 0.3) is 0 Å². The van der Waals surface area contributed by atoms with E-state index in [2.05, 4.69) is 15.6 Å². The number of hydrogen-bond acceptors (Lipinski definition) is 2. The number of carbonyl (C=O) groups excluding carboxylic acids is 1. The Morgan fingerprint density at radius 1 is 1.07 bits per heavy atom. The van der Waals surface area contributed by atoms with E-state index in [0.29, 0.717) is 43.1 Å². The molecule has 0 saturated carbocycles. The Balaban J connectivity index is 1.90. The number of nitrogens with zero attached hydrogens (tertiary/aromatic N) is 2. The number of halogens is 2. The summed E-state index contributed by atoms with van der Waals surface area (Å²) in [7, 11) is 3.46. The molecule has 0 heterocycles. The molecule has 7 heteroatoms. The Morgan fingerprint density at radius 2 is 1.83 bits per heavy atom. The van der Waals surface area contributed by atoms with Crippen LogP contribution in [0.3, 0.4) is 0 Å². The molecule has 0 fully saturated rings. The van der Waals surface area contributed by atoms with Gasteiger partial charge in [-0.2, -0.15) is 0 Å². The van der Waals surface area contributed by atoms with Crippen molar-refractivity contribution < 1.29 is 13.6 Å². The van der Waals surface area contributed by atoms with Gasteiger partial charge in [-0.05, 0) is 49.1 Å². The first-order valence-electron chi connectivity index (χ1n) is 9.68. The standard InChI is InChI=1S/C22H28F2N4O/c1-4-25-22(27-14-12-17-8-6-10-19(23)20(17)24)26-13-11-16-7-5-9-18(15-16)21(29)28(2)3/h5-10,15H,4,11-14H2,1-3H3,(H2,25,26,27). The zero-order chi connectivity index (χ0) is 21.2. The van der Waals surface area contributed by atoms with E-state index < -0.39 is 11.6 Å². The number of benzene rings is 2. The normalized spacial score (nSPS) is 11.3. The van der Waals surface area contributed by atoms with Crippen LogP contribution in [-0.4, -0.2) is 50.5 Å². The number of carbonyl (C=O) groups is 1. The van der Waals surface area contributed by atoms with Gasteiger partial charge in [0.15, 0.2) is 17.6 Å². The smallest absolute Gasteiger partial charge is 0.253 e. The van der Waals surface area contributed by atoms with Crippen molar-refractivity contribution in [3.8, 4) is 0 Å². The van der Waals surface area contributed by atoms with Gasteiger partial charge in [0.25, 0.3) is 5.91 Å². The van der Waals surface area contributed by atoms with Crippen molar-refractivity contribution in [3.05, 3.63) is 70.8 Å². The predicted octanol–water partition coefficient (Wildman–Crippen LogP) is 3.01. The van der Waals surface area contributed by atoms with Gasteiger partial charge in [-0.1, -0.05) is 24.3 Å². The van der Waals surface area contributed by atoms with Crippen molar-refractivity contribution in [3.63, 3.8) is 0 Å². The topological polar surface area (TPSA) is 56.7 Å². The van der Waals surface area contributed by atoms with E-state index in [1.807, 2.05) is 25.1 Å². The average Bonchev–Trinajstić information content (AvgIpc) is 2.70. The van der Waals surface area contributed by atoms with Crippen LogP contribution >= 0.6 is 0 Å². The average molecular weight is 402 g/mol. The largest absolute Gasteiger partial charge is 0.357 e. The Bertz CT molecular complexity index is 852. The third kappa shape index (κ3) is 6.85. The molecule has 1 amide bonds. The van der Waals surface area contributed by atoms with Gasteiger partial charge in [0.2, 0.25) is 0 Å². The molecule has 2 aromatic carbocycles. The van der Waals surface area contributed by atoms with Gasteiger partial charge in [-0.15, -0.1) is 0 Å². The van der Waals surface area contributed by atoms with E-state index in [0.717, 1.165) is 18.1 Å². The van der Waals surface area contributed by atoms with Crippen molar-refractivity contribution >= 4 is 11.9 Å². The Morgan fingerprint density at radius 3 is 2.55 bits per heavy atom. The molecule has 29 heavy (non-hydrogen) atoms. The van der Waals surface area contributed by atoms with Gasteiger partial charge in [0.1, 0.15) is 0 Å². The molecule has 0 radical (unpaired) electrons. The highest BCUT2D eigenvalue weighted by atomic mass is 19.2. The Hall–Kier alpha value is -2.96. The molecule has 0 aliphatic heterocycles. The quantitative estimate of drug-likeness (QED) is 0.527. The maximum Gasteiger partial charge on any atom is 0.253 e. The van der Waals surface area contributed by atoms with Gasteiger partial charge >= 0.3 is 0 Å². The molecule has 0 spiro atoms. The predicted molar refractivity (Wildman–Crippen MR) is 112 cm³/mol. The molecule has 2 rings (SSSR count). The summed E-state index contributed by atoms with van der Waals surface area (Å²) < 4.78 is 27.0. The minimum atomic E-state index is -0.841. The molecular formula is C22H28F2N4O. The maximum absolute atomic E-state index is 13.7. The van der Waals surface area contributed by atoms with Crippen molar-refractivity contribution in [1.29, 1.82) is 0 Å². The third-order valence-electron chi connectivity index (χ3n) is 4.31. The van der Waals surface area contributed by atoms with E-state index in [-0.39, 0.29) is 5.91 Å². The van der Waals surface area contributed by atoms with Crippen molar-refractivity contribution in [2.45, 2.75) is 19.8 Å². The molecule has 0 saturated heterocycles.